The summed E-state index contributed by atoms with van der Waals surface area (Å²) in [6.45, 7) is 2.93. The van der Waals surface area contributed by atoms with Crippen LogP contribution in [0, 0.1) is 17.8 Å². The Morgan fingerprint density at radius 1 is 1.20 bits per heavy atom. The van der Waals surface area contributed by atoms with Gasteiger partial charge in [-0.1, -0.05) is 6.42 Å². The fraction of sp³-hybridized carbons (Fsp3) is 0.875. The third-order valence-corrected chi connectivity index (χ3v) is 5.45. The van der Waals surface area contributed by atoms with Gasteiger partial charge in [0.25, 0.3) is 0 Å². The van der Waals surface area contributed by atoms with Gasteiger partial charge in [-0.25, -0.2) is 4.79 Å². The molecule has 0 spiro atoms. The summed E-state index contributed by atoms with van der Waals surface area (Å²) in [6, 6.07) is -0.318. The van der Waals surface area contributed by atoms with Gasteiger partial charge in [0, 0.05) is 13.0 Å². The van der Waals surface area contributed by atoms with Crippen molar-refractivity contribution in [1.29, 1.82) is 0 Å². The minimum absolute atomic E-state index is 0.179. The van der Waals surface area contributed by atoms with Crippen molar-refractivity contribution < 1.29 is 14.3 Å². The Morgan fingerprint density at radius 3 is 2.70 bits per heavy atom. The Bertz CT molecular complexity index is 395. The summed E-state index contributed by atoms with van der Waals surface area (Å²) < 4.78 is 5.09. The first kappa shape index (κ1) is 13.9. The van der Waals surface area contributed by atoms with Crippen LogP contribution >= 0.6 is 0 Å². The number of hydrogen-bond acceptors (Lipinski definition) is 3. The number of hydrogen-bond donors (Lipinski definition) is 0. The number of esters is 1. The molecule has 4 unspecified atom stereocenters. The van der Waals surface area contributed by atoms with E-state index in [4.69, 9.17) is 4.74 Å². The van der Waals surface area contributed by atoms with Crippen molar-refractivity contribution in [2.24, 2.45) is 17.8 Å². The minimum Gasteiger partial charge on any atom is -0.464 e. The van der Waals surface area contributed by atoms with E-state index < -0.39 is 0 Å². The van der Waals surface area contributed by atoms with Gasteiger partial charge in [-0.05, 0) is 56.8 Å². The Balaban J connectivity index is 1.57. The lowest BCUT2D eigenvalue weighted by molar-refractivity contribution is -0.153. The molecular weight excluding hydrogens is 254 g/mol. The topological polar surface area (TPSA) is 46.6 Å². The lowest BCUT2D eigenvalue weighted by atomic mass is 9.86. The van der Waals surface area contributed by atoms with Gasteiger partial charge in [0.1, 0.15) is 6.04 Å². The second-order valence-corrected chi connectivity index (χ2v) is 6.64. The SMILES string of the molecule is CCOC(=O)C1CCCN1C(=O)CC1CC2CCC1C2. The molecule has 4 atom stereocenters. The average Bonchev–Trinajstić information content (AvgIpc) is 3.14. The number of rotatable bonds is 4. The van der Waals surface area contributed by atoms with Crippen molar-refractivity contribution >= 4 is 11.9 Å². The molecule has 0 aromatic carbocycles. The summed E-state index contributed by atoms with van der Waals surface area (Å²) in [4.78, 5) is 26.2. The van der Waals surface area contributed by atoms with Crippen LogP contribution in [0.2, 0.25) is 0 Å². The maximum Gasteiger partial charge on any atom is 0.328 e. The van der Waals surface area contributed by atoms with E-state index >= 15 is 0 Å². The number of carbonyl (C=O) groups is 2. The van der Waals surface area contributed by atoms with Crippen LogP contribution in [0.3, 0.4) is 0 Å². The fourth-order valence-corrected chi connectivity index (χ4v) is 4.52. The molecule has 2 saturated carbocycles. The normalized spacial score (nSPS) is 35.5. The van der Waals surface area contributed by atoms with E-state index in [1.165, 1.54) is 25.7 Å². The molecule has 1 amide bonds. The quantitative estimate of drug-likeness (QED) is 0.742. The molecule has 0 aromatic heterocycles. The molecule has 0 N–H and O–H groups in total. The molecule has 3 rings (SSSR count). The predicted molar refractivity (Wildman–Crippen MR) is 74.9 cm³/mol. The Labute approximate surface area is 120 Å². The van der Waals surface area contributed by atoms with Crippen molar-refractivity contribution in [3.8, 4) is 0 Å². The predicted octanol–water partition coefficient (Wildman–Crippen LogP) is 2.37. The van der Waals surface area contributed by atoms with Crippen LogP contribution in [-0.4, -0.2) is 36.0 Å². The van der Waals surface area contributed by atoms with E-state index in [-0.39, 0.29) is 17.9 Å². The Hall–Kier alpha value is -1.06. The van der Waals surface area contributed by atoms with Gasteiger partial charge in [-0.15, -0.1) is 0 Å². The lowest BCUT2D eigenvalue weighted by Gasteiger charge is -2.27. The molecule has 0 aromatic rings. The summed E-state index contributed by atoms with van der Waals surface area (Å²) in [5.41, 5.74) is 0. The number of carbonyl (C=O) groups excluding carboxylic acids is 2. The van der Waals surface area contributed by atoms with Crippen molar-refractivity contribution in [3.05, 3.63) is 0 Å². The fourth-order valence-electron chi connectivity index (χ4n) is 4.52. The minimum atomic E-state index is -0.318. The summed E-state index contributed by atoms with van der Waals surface area (Å²) >= 11 is 0. The van der Waals surface area contributed by atoms with Crippen molar-refractivity contribution in [3.63, 3.8) is 0 Å². The van der Waals surface area contributed by atoms with Crippen molar-refractivity contribution in [2.45, 2.75) is 57.9 Å². The van der Waals surface area contributed by atoms with Gasteiger partial charge in [0.2, 0.25) is 5.91 Å². The van der Waals surface area contributed by atoms with Crippen LogP contribution < -0.4 is 0 Å². The highest BCUT2D eigenvalue weighted by atomic mass is 16.5. The van der Waals surface area contributed by atoms with Crippen molar-refractivity contribution in [1.82, 2.24) is 4.90 Å². The second-order valence-electron chi connectivity index (χ2n) is 6.64. The third kappa shape index (κ3) is 2.57. The van der Waals surface area contributed by atoms with E-state index in [1.54, 1.807) is 4.90 Å². The number of likely N-dealkylation sites (tertiary alicyclic amines) is 1. The summed E-state index contributed by atoms with van der Waals surface area (Å²) in [7, 11) is 0. The van der Waals surface area contributed by atoms with E-state index in [9.17, 15) is 9.59 Å². The van der Waals surface area contributed by atoms with Crippen LogP contribution in [0.1, 0.15) is 51.9 Å². The first-order chi connectivity index (χ1) is 9.69. The summed E-state index contributed by atoms with van der Waals surface area (Å²) in [5, 5.41) is 0. The maximum atomic E-state index is 12.5. The smallest absolute Gasteiger partial charge is 0.328 e. The zero-order chi connectivity index (χ0) is 14.1. The van der Waals surface area contributed by atoms with Gasteiger partial charge in [-0.3, -0.25) is 4.79 Å². The van der Waals surface area contributed by atoms with Crippen LogP contribution in [0.5, 0.6) is 0 Å². The third-order valence-electron chi connectivity index (χ3n) is 5.45. The molecule has 4 nitrogen and oxygen atoms in total. The molecule has 3 fully saturated rings. The highest BCUT2D eigenvalue weighted by Crippen LogP contribution is 2.49. The summed E-state index contributed by atoms with van der Waals surface area (Å²) in [5.74, 6) is 2.18. The molecule has 2 aliphatic carbocycles. The second kappa shape index (κ2) is 5.74. The molecule has 0 radical (unpaired) electrons. The molecule has 2 bridgehead atoms. The molecule has 3 aliphatic rings. The zero-order valence-corrected chi connectivity index (χ0v) is 12.3. The van der Waals surface area contributed by atoms with E-state index in [1.807, 2.05) is 6.92 Å². The highest BCUT2D eigenvalue weighted by Gasteiger charge is 2.42. The van der Waals surface area contributed by atoms with E-state index in [0.29, 0.717) is 18.9 Å². The molecule has 1 saturated heterocycles. The van der Waals surface area contributed by atoms with Crippen molar-refractivity contribution in [2.75, 3.05) is 13.2 Å². The standard InChI is InChI=1S/C16H25NO3/c1-2-20-16(19)14-4-3-7-17(14)15(18)10-13-9-11-5-6-12(13)8-11/h11-14H,2-10H2,1H3. The number of amides is 1. The summed E-state index contributed by atoms with van der Waals surface area (Å²) in [6.07, 6.45) is 7.58. The molecule has 112 valence electrons. The largest absolute Gasteiger partial charge is 0.464 e. The first-order valence-corrected chi connectivity index (χ1v) is 8.15. The number of nitrogens with zero attached hydrogens (tertiary/aromatic N) is 1. The van der Waals surface area contributed by atoms with Gasteiger partial charge in [0.15, 0.2) is 0 Å². The van der Waals surface area contributed by atoms with Crippen LogP contribution in [0.4, 0.5) is 0 Å². The number of ether oxygens (including phenoxy) is 1. The lowest BCUT2D eigenvalue weighted by Crippen LogP contribution is -2.42. The first-order valence-electron chi connectivity index (χ1n) is 8.15. The monoisotopic (exact) mass is 279 g/mol. The Kier molecular flexibility index (Phi) is 3.99. The van der Waals surface area contributed by atoms with Gasteiger partial charge >= 0.3 is 5.97 Å². The molecule has 1 heterocycles. The van der Waals surface area contributed by atoms with Gasteiger partial charge in [-0.2, -0.15) is 0 Å². The average molecular weight is 279 g/mol. The highest BCUT2D eigenvalue weighted by molar-refractivity contribution is 5.85. The Morgan fingerprint density at radius 2 is 2.05 bits per heavy atom. The van der Waals surface area contributed by atoms with Crippen LogP contribution in [0.25, 0.3) is 0 Å². The molecule has 4 heteroatoms. The van der Waals surface area contributed by atoms with E-state index in [2.05, 4.69) is 0 Å². The van der Waals surface area contributed by atoms with Crippen LogP contribution in [0.15, 0.2) is 0 Å². The van der Waals surface area contributed by atoms with Gasteiger partial charge < -0.3 is 9.64 Å². The maximum absolute atomic E-state index is 12.5. The van der Waals surface area contributed by atoms with Crippen LogP contribution in [-0.2, 0) is 14.3 Å². The number of fused-ring (bicyclic) bond motifs is 2. The zero-order valence-electron chi connectivity index (χ0n) is 12.3. The van der Waals surface area contributed by atoms with E-state index in [0.717, 1.165) is 31.2 Å². The van der Waals surface area contributed by atoms with Gasteiger partial charge in [0.05, 0.1) is 6.61 Å². The molecule has 20 heavy (non-hydrogen) atoms. The molecular formula is C16H25NO3. The molecule has 1 aliphatic heterocycles.